The van der Waals surface area contributed by atoms with Gasteiger partial charge in [-0.2, -0.15) is 0 Å². The van der Waals surface area contributed by atoms with E-state index in [9.17, 15) is 5.11 Å². The molecule has 0 radical (unpaired) electrons. The third-order valence-electron chi connectivity index (χ3n) is 3.64. The first-order valence-electron chi connectivity index (χ1n) is 7.32. The molecule has 110 valence electrons. The number of anilines is 1. The summed E-state index contributed by atoms with van der Waals surface area (Å²) < 4.78 is 5.90. The van der Waals surface area contributed by atoms with E-state index in [0.29, 0.717) is 11.4 Å². The van der Waals surface area contributed by atoms with Crippen molar-refractivity contribution in [2.45, 2.75) is 32.7 Å². The van der Waals surface area contributed by atoms with Gasteiger partial charge in [0.1, 0.15) is 16.9 Å². The fourth-order valence-corrected chi connectivity index (χ4v) is 2.36. The standard InChI is InChI=1S/C16H19N3O2/c1-3-10(9-20)17-16-15-14(18-13(4-2)19-16)11-7-5-6-8-12(11)21-15/h5-8,10,20H,3-4,9H2,1-2H3,(H,17,18,19)/t10-/m0/s1. The van der Waals surface area contributed by atoms with Crippen molar-refractivity contribution in [2.24, 2.45) is 0 Å². The van der Waals surface area contributed by atoms with Crippen LogP contribution in [0.4, 0.5) is 5.82 Å². The monoisotopic (exact) mass is 285 g/mol. The molecule has 5 heteroatoms. The average Bonchev–Trinajstić information content (AvgIpc) is 2.91. The number of nitrogens with one attached hydrogen (secondary N) is 1. The second kappa shape index (κ2) is 5.69. The summed E-state index contributed by atoms with van der Waals surface area (Å²) in [6, 6.07) is 7.80. The largest absolute Gasteiger partial charge is 0.450 e. The Kier molecular flexibility index (Phi) is 3.75. The Labute approximate surface area is 123 Å². The van der Waals surface area contributed by atoms with Crippen molar-refractivity contribution in [1.82, 2.24) is 9.97 Å². The quantitative estimate of drug-likeness (QED) is 0.753. The van der Waals surface area contributed by atoms with Crippen LogP contribution in [0.1, 0.15) is 26.1 Å². The lowest BCUT2D eigenvalue weighted by Crippen LogP contribution is -2.23. The van der Waals surface area contributed by atoms with Gasteiger partial charge in [-0.15, -0.1) is 0 Å². The molecule has 1 aromatic carbocycles. The first kappa shape index (κ1) is 13.8. The first-order chi connectivity index (χ1) is 10.3. The minimum Gasteiger partial charge on any atom is -0.450 e. The van der Waals surface area contributed by atoms with Crippen molar-refractivity contribution in [2.75, 3.05) is 11.9 Å². The van der Waals surface area contributed by atoms with Gasteiger partial charge < -0.3 is 14.8 Å². The summed E-state index contributed by atoms with van der Waals surface area (Å²) in [6.07, 6.45) is 1.56. The van der Waals surface area contributed by atoms with Crippen molar-refractivity contribution >= 4 is 27.9 Å². The number of para-hydroxylation sites is 1. The Balaban J connectivity index is 2.21. The topological polar surface area (TPSA) is 71.2 Å². The molecule has 1 atom stereocenters. The molecule has 2 heterocycles. The van der Waals surface area contributed by atoms with Crippen molar-refractivity contribution in [3.05, 3.63) is 30.1 Å². The molecule has 0 spiro atoms. The summed E-state index contributed by atoms with van der Waals surface area (Å²) in [5.41, 5.74) is 2.28. The smallest absolute Gasteiger partial charge is 0.196 e. The van der Waals surface area contributed by atoms with Gasteiger partial charge in [-0.3, -0.25) is 0 Å². The molecular weight excluding hydrogens is 266 g/mol. The van der Waals surface area contributed by atoms with E-state index in [2.05, 4.69) is 15.3 Å². The summed E-state index contributed by atoms with van der Waals surface area (Å²) in [4.78, 5) is 9.12. The maximum atomic E-state index is 9.39. The summed E-state index contributed by atoms with van der Waals surface area (Å²) in [7, 11) is 0. The predicted molar refractivity (Wildman–Crippen MR) is 83.5 cm³/mol. The maximum Gasteiger partial charge on any atom is 0.196 e. The number of aryl methyl sites for hydroxylation is 1. The Hall–Kier alpha value is -2.14. The second-order valence-corrected chi connectivity index (χ2v) is 5.05. The molecule has 3 rings (SSSR count). The lowest BCUT2D eigenvalue weighted by Gasteiger charge is -2.15. The highest BCUT2D eigenvalue weighted by Gasteiger charge is 2.17. The third-order valence-corrected chi connectivity index (χ3v) is 3.64. The molecule has 0 aliphatic rings. The maximum absolute atomic E-state index is 9.39. The number of benzene rings is 1. The van der Waals surface area contributed by atoms with Crippen LogP contribution in [0.2, 0.25) is 0 Å². The van der Waals surface area contributed by atoms with Crippen LogP contribution in [0.5, 0.6) is 0 Å². The summed E-state index contributed by atoms with van der Waals surface area (Å²) in [6.45, 7) is 4.10. The molecule has 0 amide bonds. The number of hydrogen-bond acceptors (Lipinski definition) is 5. The Morgan fingerprint density at radius 3 is 2.76 bits per heavy atom. The van der Waals surface area contributed by atoms with E-state index in [-0.39, 0.29) is 12.6 Å². The lowest BCUT2D eigenvalue weighted by molar-refractivity contribution is 0.271. The average molecular weight is 285 g/mol. The molecule has 0 saturated heterocycles. The lowest BCUT2D eigenvalue weighted by atomic mass is 10.2. The van der Waals surface area contributed by atoms with Gasteiger partial charge in [-0.25, -0.2) is 9.97 Å². The Morgan fingerprint density at radius 1 is 1.24 bits per heavy atom. The second-order valence-electron chi connectivity index (χ2n) is 5.05. The SMILES string of the molecule is CCc1nc(N[C@@H](CC)CO)c2oc3ccccc3c2n1. The molecule has 2 aromatic heterocycles. The van der Waals surface area contributed by atoms with Gasteiger partial charge >= 0.3 is 0 Å². The third kappa shape index (κ3) is 2.45. The van der Waals surface area contributed by atoms with Gasteiger partial charge in [0, 0.05) is 11.8 Å². The van der Waals surface area contributed by atoms with Crippen molar-refractivity contribution in [1.29, 1.82) is 0 Å². The van der Waals surface area contributed by atoms with E-state index in [4.69, 9.17) is 4.42 Å². The van der Waals surface area contributed by atoms with Crippen LogP contribution < -0.4 is 5.32 Å². The highest BCUT2D eigenvalue weighted by Crippen LogP contribution is 2.31. The molecule has 0 aliphatic carbocycles. The molecule has 0 fully saturated rings. The zero-order valence-corrected chi connectivity index (χ0v) is 12.3. The fourth-order valence-electron chi connectivity index (χ4n) is 2.36. The fraction of sp³-hybridized carbons (Fsp3) is 0.375. The van der Waals surface area contributed by atoms with Crippen LogP contribution >= 0.6 is 0 Å². The molecule has 0 bridgehead atoms. The van der Waals surface area contributed by atoms with Gasteiger partial charge in [0.05, 0.1) is 12.6 Å². The molecule has 0 saturated carbocycles. The van der Waals surface area contributed by atoms with Gasteiger partial charge in [0.2, 0.25) is 0 Å². The summed E-state index contributed by atoms with van der Waals surface area (Å²) in [5, 5.41) is 13.6. The zero-order chi connectivity index (χ0) is 14.8. The highest BCUT2D eigenvalue weighted by atomic mass is 16.3. The van der Waals surface area contributed by atoms with Crippen LogP contribution in [-0.2, 0) is 6.42 Å². The van der Waals surface area contributed by atoms with E-state index < -0.39 is 0 Å². The first-order valence-corrected chi connectivity index (χ1v) is 7.32. The molecule has 5 nitrogen and oxygen atoms in total. The molecule has 2 N–H and O–H groups in total. The normalized spacial score (nSPS) is 12.9. The van der Waals surface area contributed by atoms with Crippen molar-refractivity contribution < 1.29 is 9.52 Å². The van der Waals surface area contributed by atoms with Crippen LogP contribution in [-0.4, -0.2) is 27.7 Å². The van der Waals surface area contributed by atoms with Crippen LogP contribution in [0.15, 0.2) is 28.7 Å². The van der Waals surface area contributed by atoms with E-state index in [1.807, 2.05) is 38.1 Å². The predicted octanol–water partition coefficient (Wildman–Crippen LogP) is 3.12. The van der Waals surface area contributed by atoms with Crippen LogP contribution in [0, 0.1) is 0 Å². The molecule has 21 heavy (non-hydrogen) atoms. The summed E-state index contributed by atoms with van der Waals surface area (Å²) >= 11 is 0. The number of aliphatic hydroxyl groups is 1. The molecule has 3 aromatic rings. The van der Waals surface area contributed by atoms with E-state index in [1.54, 1.807) is 0 Å². The number of aliphatic hydroxyl groups excluding tert-OH is 1. The Bertz CT molecular complexity index is 763. The van der Waals surface area contributed by atoms with Crippen LogP contribution in [0.3, 0.4) is 0 Å². The number of nitrogens with zero attached hydrogens (tertiary/aromatic N) is 2. The van der Waals surface area contributed by atoms with Gasteiger partial charge in [0.15, 0.2) is 11.4 Å². The number of hydrogen-bond donors (Lipinski definition) is 2. The van der Waals surface area contributed by atoms with Crippen molar-refractivity contribution in [3.8, 4) is 0 Å². The van der Waals surface area contributed by atoms with Gasteiger partial charge in [-0.1, -0.05) is 26.0 Å². The van der Waals surface area contributed by atoms with Crippen LogP contribution in [0.25, 0.3) is 22.1 Å². The van der Waals surface area contributed by atoms with E-state index in [1.165, 1.54) is 0 Å². The molecule has 0 aliphatic heterocycles. The number of fused-ring (bicyclic) bond motifs is 3. The Morgan fingerprint density at radius 2 is 2.05 bits per heavy atom. The molecule has 0 unspecified atom stereocenters. The van der Waals surface area contributed by atoms with E-state index in [0.717, 1.165) is 35.2 Å². The van der Waals surface area contributed by atoms with Gasteiger partial charge in [-0.05, 0) is 18.6 Å². The minimum absolute atomic E-state index is 0.0407. The van der Waals surface area contributed by atoms with Crippen molar-refractivity contribution in [3.63, 3.8) is 0 Å². The number of aromatic nitrogens is 2. The van der Waals surface area contributed by atoms with E-state index >= 15 is 0 Å². The number of rotatable bonds is 5. The zero-order valence-electron chi connectivity index (χ0n) is 12.3. The molecular formula is C16H19N3O2. The summed E-state index contributed by atoms with van der Waals surface area (Å²) in [5.74, 6) is 1.43. The minimum atomic E-state index is -0.0407. The van der Waals surface area contributed by atoms with Gasteiger partial charge in [0.25, 0.3) is 0 Å². The highest BCUT2D eigenvalue weighted by molar-refractivity contribution is 6.05. The number of furan rings is 1.